The van der Waals surface area contributed by atoms with Gasteiger partial charge in [-0.1, -0.05) is 75.8 Å². The predicted molar refractivity (Wildman–Crippen MR) is 88.2 cm³/mol. The molecule has 0 saturated heterocycles. The fraction of sp³-hybridized carbons (Fsp3) is 0.684. The van der Waals surface area contributed by atoms with Gasteiger partial charge in [-0.15, -0.1) is 0 Å². The molecule has 0 heterocycles. The number of rotatable bonds is 10. The zero-order valence-electron chi connectivity index (χ0n) is 13.6. The van der Waals surface area contributed by atoms with Crippen molar-refractivity contribution in [2.24, 2.45) is 0 Å². The van der Waals surface area contributed by atoms with Crippen molar-refractivity contribution in [3.8, 4) is 0 Å². The molecule has 0 fully saturated rings. The highest BCUT2D eigenvalue weighted by atomic mass is 16.3. The Kier molecular flexibility index (Phi) is 8.60. The molecule has 0 bridgehead atoms. The Morgan fingerprint density at radius 3 is 2.20 bits per heavy atom. The van der Waals surface area contributed by atoms with Crippen LogP contribution in [-0.2, 0) is 0 Å². The molecular weight excluding hydrogens is 244 g/mol. The Morgan fingerprint density at radius 2 is 1.55 bits per heavy atom. The van der Waals surface area contributed by atoms with Gasteiger partial charge in [-0.05, 0) is 37.7 Å². The minimum atomic E-state index is -0.0860. The number of hydrogen-bond donors (Lipinski definition) is 1. The van der Waals surface area contributed by atoms with Crippen LogP contribution in [0.15, 0.2) is 24.3 Å². The first-order valence-electron chi connectivity index (χ1n) is 8.38. The highest BCUT2D eigenvalue weighted by molar-refractivity contribution is 5.23. The second kappa shape index (κ2) is 9.99. The molecule has 20 heavy (non-hydrogen) atoms. The number of benzene rings is 1. The first-order valence-corrected chi connectivity index (χ1v) is 8.38. The van der Waals surface area contributed by atoms with Crippen LogP contribution < -0.4 is 0 Å². The molecule has 1 heteroatoms. The molecule has 0 aromatic heterocycles. The van der Waals surface area contributed by atoms with Crippen molar-refractivity contribution in [1.29, 1.82) is 0 Å². The first kappa shape index (κ1) is 17.2. The molecule has 1 nitrogen and oxygen atoms in total. The monoisotopic (exact) mass is 276 g/mol. The zero-order chi connectivity index (χ0) is 14.8. The van der Waals surface area contributed by atoms with E-state index in [-0.39, 0.29) is 6.10 Å². The molecule has 2 atom stereocenters. The van der Waals surface area contributed by atoms with E-state index >= 15 is 0 Å². The standard InChI is InChI=1S/C19H32O/c1-4-5-6-7-10-19(20)11-8-9-17(3)18-14-12-16(2)13-15-18/h12-15,17,19-20H,4-11H2,1-3H3. The summed E-state index contributed by atoms with van der Waals surface area (Å²) in [6.45, 7) is 6.64. The first-order chi connectivity index (χ1) is 9.63. The predicted octanol–water partition coefficient (Wildman–Crippen LogP) is 5.60. The summed E-state index contributed by atoms with van der Waals surface area (Å²) in [5, 5.41) is 9.97. The third-order valence-electron chi connectivity index (χ3n) is 4.21. The van der Waals surface area contributed by atoms with E-state index in [1.807, 2.05) is 0 Å². The maximum atomic E-state index is 9.97. The number of aliphatic hydroxyl groups excluding tert-OH is 1. The molecular formula is C19H32O. The van der Waals surface area contributed by atoms with Crippen molar-refractivity contribution >= 4 is 0 Å². The van der Waals surface area contributed by atoms with Gasteiger partial charge in [0.15, 0.2) is 0 Å². The van der Waals surface area contributed by atoms with Crippen LogP contribution in [-0.4, -0.2) is 11.2 Å². The fourth-order valence-corrected chi connectivity index (χ4v) is 2.67. The average Bonchev–Trinajstić information content (AvgIpc) is 2.44. The van der Waals surface area contributed by atoms with E-state index in [0.29, 0.717) is 5.92 Å². The van der Waals surface area contributed by atoms with Crippen molar-refractivity contribution in [3.63, 3.8) is 0 Å². The van der Waals surface area contributed by atoms with Crippen molar-refractivity contribution in [2.75, 3.05) is 0 Å². The molecule has 0 aliphatic heterocycles. The average molecular weight is 276 g/mol. The van der Waals surface area contributed by atoms with Crippen molar-refractivity contribution in [1.82, 2.24) is 0 Å². The van der Waals surface area contributed by atoms with Gasteiger partial charge in [0.25, 0.3) is 0 Å². The molecule has 1 N–H and O–H groups in total. The molecule has 1 aromatic carbocycles. The fourth-order valence-electron chi connectivity index (χ4n) is 2.67. The van der Waals surface area contributed by atoms with Gasteiger partial charge < -0.3 is 5.11 Å². The largest absolute Gasteiger partial charge is 0.393 e. The normalized spacial score (nSPS) is 14.2. The molecule has 1 rings (SSSR count). The maximum absolute atomic E-state index is 9.97. The van der Waals surface area contributed by atoms with Crippen molar-refractivity contribution in [2.45, 2.75) is 84.2 Å². The summed E-state index contributed by atoms with van der Waals surface area (Å²) in [6.07, 6.45) is 9.19. The summed E-state index contributed by atoms with van der Waals surface area (Å²) >= 11 is 0. The van der Waals surface area contributed by atoms with E-state index < -0.39 is 0 Å². The minimum Gasteiger partial charge on any atom is -0.393 e. The van der Waals surface area contributed by atoms with Gasteiger partial charge in [0.05, 0.1) is 6.10 Å². The lowest BCUT2D eigenvalue weighted by Crippen LogP contribution is -2.07. The van der Waals surface area contributed by atoms with Crippen LogP contribution in [0, 0.1) is 6.92 Å². The maximum Gasteiger partial charge on any atom is 0.0540 e. The molecule has 0 radical (unpaired) electrons. The van der Waals surface area contributed by atoms with E-state index in [0.717, 1.165) is 19.3 Å². The van der Waals surface area contributed by atoms with Gasteiger partial charge >= 0.3 is 0 Å². The summed E-state index contributed by atoms with van der Waals surface area (Å²) < 4.78 is 0. The molecule has 0 aliphatic carbocycles. The molecule has 0 amide bonds. The van der Waals surface area contributed by atoms with Crippen LogP contribution in [0.25, 0.3) is 0 Å². The Balaban J connectivity index is 2.15. The third kappa shape index (κ3) is 7.09. The van der Waals surface area contributed by atoms with E-state index in [1.165, 1.54) is 43.2 Å². The Hall–Kier alpha value is -0.820. The second-order valence-corrected chi connectivity index (χ2v) is 6.25. The smallest absolute Gasteiger partial charge is 0.0540 e. The summed E-state index contributed by atoms with van der Waals surface area (Å²) in [4.78, 5) is 0. The van der Waals surface area contributed by atoms with Gasteiger partial charge in [0, 0.05) is 0 Å². The Bertz CT molecular complexity index is 341. The van der Waals surface area contributed by atoms with Crippen LogP contribution >= 0.6 is 0 Å². The summed E-state index contributed by atoms with van der Waals surface area (Å²) in [5.74, 6) is 0.600. The molecule has 0 saturated carbocycles. The Morgan fingerprint density at radius 1 is 0.900 bits per heavy atom. The topological polar surface area (TPSA) is 20.2 Å². The van der Waals surface area contributed by atoms with E-state index in [1.54, 1.807) is 0 Å². The van der Waals surface area contributed by atoms with E-state index in [9.17, 15) is 5.11 Å². The van der Waals surface area contributed by atoms with Gasteiger partial charge in [-0.25, -0.2) is 0 Å². The molecule has 1 aromatic rings. The van der Waals surface area contributed by atoms with E-state index in [2.05, 4.69) is 45.0 Å². The molecule has 0 aliphatic rings. The lowest BCUT2D eigenvalue weighted by Gasteiger charge is -2.14. The molecule has 2 unspecified atom stereocenters. The summed E-state index contributed by atoms with van der Waals surface area (Å²) in [6, 6.07) is 8.85. The number of hydrogen-bond acceptors (Lipinski definition) is 1. The van der Waals surface area contributed by atoms with Crippen LogP contribution in [0.3, 0.4) is 0 Å². The number of aliphatic hydroxyl groups is 1. The summed E-state index contributed by atoms with van der Waals surface area (Å²) in [5.41, 5.74) is 2.75. The Labute approximate surface area is 125 Å². The van der Waals surface area contributed by atoms with Gasteiger partial charge in [0.2, 0.25) is 0 Å². The van der Waals surface area contributed by atoms with Gasteiger partial charge in [0.1, 0.15) is 0 Å². The van der Waals surface area contributed by atoms with E-state index in [4.69, 9.17) is 0 Å². The minimum absolute atomic E-state index is 0.0860. The lowest BCUT2D eigenvalue weighted by atomic mass is 9.93. The zero-order valence-corrected chi connectivity index (χ0v) is 13.6. The van der Waals surface area contributed by atoms with Gasteiger partial charge in [-0.2, -0.15) is 0 Å². The summed E-state index contributed by atoms with van der Waals surface area (Å²) in [7, 11) is 0. The quantitative estimate of drug-likeness (QED) is 0.551. The van der Waals surface area contributed by atoms with Crippen LogP contribution in [0.2, 0.25) is 0 Å². The highest BCUT2D eigenvalue weighted by Gasteiger charge is 2.08. The van der Waals surface area contributed by atoms with Crippen LogP contribution in [0.5, 0.6) is 0 Å². The van der Waals surface area contributed by atoms with Crippen LogP contribution in [0.1, 0.15) is 82.3 Å². The second-order valence-electron chi connectivity index (χ2n) is 6.25. The highest BCUT2D eigenvalue weighted by Crippen LogP contribution is 2.22. The van der Waals surface area contributed by atoms with Crippen molar-refractivity contribution < 1.29 is 5.11 Å². The lowest BCUT2D eigenvalue weighted by molar-refractivity contribution is 0.147. The SMILES string of the molecule is CCCCCCC(O)CCCC(C)c1ccc(C)cc1. The third-order valence-corrected chi connectivity index (χ3v) is 4.21. The number of aryl methyl sites for hydroxylation is 1. The van der Waals surface area contributed by atoms with Crippen molar-refractivity contribution in [3.05, 3.63) is 35.4 Å². The van der Waals surface area contributed by atoms with Crippen LogP contribution in [0.4, 0.5) is 0 Å². The van der Waals surface area contributed by atoms with Gasteiger partial charge in [-0.3, -0.25) is 0 Å². The molecule has 114 valence electrons. The number of unbranched alkanes of at least 4 members (excludes halogenated alkanes) is 3. The molecule has 0 spiro atoms.